The standard InChI is InChI=1S/C12H20N4OS/c1-4-6-8(3)15-11(17)9-10(13)16-12(18-9)14-7-5-2/h4,8H,1,5-7,13H2,2-3H3,(H,14,16)(H,15,17). The van der Waals surface area contributed by atoms with Gasteiger partial charge in [-0.3, -0.25) is 4.79 Å². The number of rotatable bonds is 7. The number of carbonyl (C=O) groups excluding carboxylic acids is 1. The summed E-state index contributed by atoms with van der Waals surface area (Å²) in [7, 11) is 0. The SMILES string of the molecule is C=CCC(C)NC(=O)c1sc(NCCC)nc1N. The van der Waals surface area contributed by atoms with Crippen molar-refractivity contribution in [2.45, 2.75) is 32.7 Å². The van der Waals surface area contributed by atoms with E-state index in [0.29, 0.717) is 10.0 Å². The fraction of sp³-hybridized carbons (Fsp3) is 0.500. The summed E-state index contributed by atoms with van der Waals surface area (Å²) in [5.74, 6) is 0.103. The van der Waals surface area contributed by atoms with Crippen molar-refractivity contribution in [2.24, 2.45) is 0 Å². The lowest BCUT2D eigenvalue weighted by atomic mass is 10.2. The molecule has 1 aromatic heterocycles. The fourth-order valence-electron chi connectivity index (χ4n) is 1.40. The fourth-order valence-corrected chi connectivity index (χ4v) is 2.21. The van der Waals surface area contributed by atoms with E-state index in [0.717, 1.165) is 19.4 Å². The third kappa shape index (κ3) is 4.03. The number of nitrogens with one attached hydrogen (secondary N) is 2. The molecule has 0 aliphatic rings. The van der Waals surface area contributed by atoms with Crippen molar-refractivity contribution >= 4 is 28.2 Å². The van der Waals surface area contributed by atoms with Gasteiger partial charge in [-0.15, -0.1) is 6.58 Å². The second-order valence-electron chi connectivity index (χ2n) is 4.06. The highest BCUT2D eigenvalue weighted by molar-refractivity contribution is 7.18. The molecule has 100 valence electrons. The highest BCUT2D eigenvalue weighted by Gasteiger charge is 2.17. The maximum absolute atomic E-state index is 12.0. The van der Waals surface area contributed by atoms with Crippen LogP contribution in [-0.4, -0.2) is 23.5 Å². The van der Waals surface area contributed by atoms with E-state index in [1.165, 1.54) is 11.3 Å². The Morgan fingerprint density at radius 1 is 1.67 bits per heavy atom. The molecular weight excluding hydrogens is 248 g/mol. The minimum atomic E-state index is -0.177. The summed E-state index contributed by atoms with van der Waals surface area (Å²) in [5, 5.41) is 6.67. The topological polar surface area (TPSA) is 80.0 Å². The van der Waals surface area contributed by atoms with Gasteiger partial charge >= 0.3 is 0 Å². The summed E-state index contributed by atoms with van der Waals surface area (Å²) in [6.45, 7) is 8.45. The highest BCUT2D eigenvalue weighted by Crippen LogP contribution is 2.24. The molecule has 1 rings (SSSR count). The van der Waals surface area contributed by atoms with Gasteiger partial charge in [-0.2, -0.15) is 0 Å². The smallest absolute Gasteiger partial charge is 0.265 e. The van der Waals surface area contributed by atoms with Crippen LogP contribution in [0.5, 0.6) is 0 Å². The van der Waals surface area contributed by atoms with Crippen LogP contribution in [0.3, 0.4) is 0 Å². The molecule has 1 atom stereocenters. The predicted molar refractivity (Wildman–Crippen MR) is 77.0 cm³/mol. The van der Waals surface area contributed by atoms with Crippen molar-refractivity contribution in [3.63, 3.8) is 0 Å². The molecule has 0 aliphatic carbocycles. The quantitative estimate of drug-likeness (QED) is 0.663. The number of carbonyl (C=O) groups is 1. The first-order chi connectivity index (χ1) is 8.58. The van der Waals surface area contributed by atoms with Crippen molar-refractivity contribution < 1.29 is 4.79 Å². The van der Waals surface area contributed by atoms with E-state index in [1.807, 2.05) is 6.92 Å². The maximum atomic E-state index is 12.0. The number of amides is 1. The van der Waals surface area contributed by atoms with Crippen LogP contribution >= 0.6 is 11.3 Å². The Balaban J connectivity index is 2.67. The number of nitrogen functional groups attached to an aromatic ring is 1. The van der Waals surface area contributed by atoms with E-state index in [4.69, 9.17) is 5.73 Å². The zero-order valence-corrected chi connectivity index (χ0v) is 11.6. The number of hydrogen-bond acceptors (Lipinski definition) is 5. The van der Waals surface area contributed by atoms with Crippen LogP contribution in [0.4, 0.5) is 10.9 Å². The zero-order chi connectivity index (χ0) is 13.5. The van der Waals surface area contributed by atoms with Gasteiger partial charge in [0.15, 0.2) is 5.13 Å². The first kappa shape index (κ1) is 14.5. The molecule has 5 nitrogen and oxygen atoms in total. The number of hydrogen-bond donors (Lipinski definition) is 3. The van der Waals surface area contributed by atoms with Gasteiger partial charge in [-0.05, 0) is 19.8 Å². The Hall–Kier alpha value is -1.56. The lowest BCUT2D eigenvalue weighted by molar-refractivity contribution is 0.0945. The Morgan fingerprint density at radius 3 is 3.00 bits per heavy atom. The van der Waals surface area contributed by atoms with Gasteiger partial charge in [-0.25, -0.2) is 4.98 Å². The summed E-state index contributed by atoms with van der Waals surface area (Å²) in [5.41, 5.74) is 5.74. The number of thiazole rings is 1. The largest absolute Gasteiger partial charge is 0.382 e. The van der Waals surface area contributed by atoms with E-state index in [-0.39, 0.29) is 17.8 Å². The van der Waals surface area contributed by atoms with Gasteiger partial charge in [0.2, 0.25) is 0 Å². The molecule has 0 aliphatic heterocycles. The third-order valence-electron chi connectivity index (χ3n) is 2.28. The van der Waals surface area contributed by atoms with Crippen LogP contribution in [0.1, 0.15) is 36.4 Å². The maximum Gasteiger partial charge on any atom is 0.265 e. The summed E-state index contributed by atoms with van der Waals surface area (Å²) in [6, 6.07) is 0.0450. The van der Waals surface area contributed by atoms with Gasteiger partial charge in [0, 0.05) is 12.6 Å². The van der Waals surface area contributed by atoms with Gasteiger partial charge in [0.25, 0.3) is 5.91 Å². The van der Waals surface area contributed by atoms with Crippen molar-refractivity contribution in [3.8, 4) is 0 Å². The zero-order valence-electron chi connectivity index (χ0n) is 10.8. The van der Waals surface area contributed by atoms with Crippen LogP contribution in [0.2, 0.25) is 0 Å². The molecule has 1 heterocycles. The van der Waals surface area contributed by atoms with E-state index in [2.05, 4.69) is 29.1 Å². The van der Waals surface area contributed by atoms with E-state index >= 15 is 0 Å². The summed E-state index contributed by atoms with van der Waals surface area (Å²) < 4.78 is 0. The molecule has 0 saturated carbocycles. The molecule has 1 amide bonds. The lowest BCUT2D eigenvalue weighted by Gasteiger charge is -2.10. The number of anilines is 2. The minimum Gasteiger partial charge on any atom is -0.382 e. The second-order valence-corrected chi connectivity index (χ2v) is 5.06. The van der Waals surface area contributed by atoms with Gasteiger partial charge in [0.05, 0.1) is 0 Å². The van der Waals surface area contributed by atoms with Crippen LogP contribution in [0, 0.1) is 0 Å². The molecule has 0 aromatic carbocycles. The summed E-state index contributed by atoms with van der Waals surface area (Å²) in [4.78, 5) is 16.5. The van der Waals surface area contributed by atoms with E-state index in [1.54, 1.807) is 6.08 Å². The van der Waals surface area contributed by atoms with Crippen molar-refractivity contribution in [1.29, 1.82) is 0 Å². The molecule has 0 fully saturated rings. The van der Waals surface area contributed by atoms with Crippen molar-refractivity contribution in [1.82, 2.24) is 10.3 Å². The van der Waals surface area contributed by atoms with Gasteiger partial charge < -0.3 is 16.4 Å². The first-order valence-corrected chi connectivity index (χ1v) is 6.82. The Kier molecular flexibility index (Phi) is 5.64. The van der Waals surface area contributed by atoms with Crippen LogP contribution in [0.15, 0.2) is 12.7 Å². The second kappa shape index (κ2) is 7.00. The molecule has 0 bridgehead atoms. The monoisotopic (exact) mass is 268 g/mol. The lowest BCUT2D eigenvalue weighted by Crippen LogP contribution is -2.31. The Morgan fingerprint density at radius 2 is 2.39 bits per heavy atom. The molecular formula is C12H20N4OS. The van der Waals surface area contributed by atoms with E-state index < -0.39 is 0 Å². The molecule has 6 heteroatoms. The molecule has 0 saturated heterocycles. The predicted octanol–water partition coefficient (Wildman–Crippen LogP) is 2.24. The average Bonchev–Trinajstić information content (AvgIpc) is 2.68. The van der Waals surface area contributed by atoms with Crippen LogP contribution in [0.25, 0.3) is 0 Å². The van der Waals surface area contributed by atoms with Crippen molar-refractivity contribution in [2.75, 3.05) is 17.6 Å². The molecule has 1 aromatic rings. The first-order valence-electron chi connectivity index (χ1n) is 6.00. The van der Waals surface area contributed by atoms with E-state index in [9.17, 15) is 4.79 Å². The molecule has 0 radical (unpaired) electrons. The number of nitrogens with zero attached hydrogens (tertiary/aromatic N) is 1. The average molecular weight is 268 g/mol. The van der Waals surface area contributed by atoms with Crippen LogP contribution < -0.4 is 16.4 Å². The normalized spacial score (nSPS) is 11.9. The Labute approximate surface area is 111 Å². The summed E-state index contributed by atoms with van der Waals surface area (Å²) >= 11 is 1.28. The molecule has 1 unspecified atom stereocenters. The third-order valence-corrected chi connectivity index (χ3v) is 3.31. The minimum absolute atomic E-state index is 0.0450. The van der Waals surface area contributed by atoms with Gasteiger partial charge in [-0.1, -0.05) is 24.3 Å². The highest BCUT2D eigenvalue weighted by atomic mass is 32.1. The number of nitrogens with two attached hydrogens (primary N) is 1. The number of aromatic nitrogens is 1. The Bertz CT molecular complexity index is 416. The van der Waals surface area contributed by atoms with Crippen molar-refractivity contribution in [3.05, 3.63) is 17.5 Å². The summed E-state index contributed by atoms with van der Waals surface area (Å²) in [6.07, 6.45) is 3.50. The van der Waals surface area contributed by atoms with Gasteiger partial charge in [0.1, 0.15) is 10.7 Å². The molecule has 18 heavy (non-hydrogen) atoms. The van der Waals surface area contributed by atoms with Crippen LogP contribution in [-0.2, 0) is 0 Å². The molecule has 4 N–H and O–H groups in total. The molecule has 0 spiro atoms.